The lowest BCUT2D eigenvalue weighted by molar-refractivity contribution is 0.0924. The van der Waals surface area contributed by atoms with Crippen LogP contribution in [-0.4, -0.2) is 20.9 Å². The number of carbonyl (C=O) groups is 1. The van der Waals surface area contributed by atoms with E-state index in [2.05, 4.69) is 48.0 Å². The van der Waals surface area contributed by atoms with Crippen molar-refractivity contribution in [3.8, 4) is 0 Å². The highest BCUT2D eigenvalue weighted by Gasteiger charge is 2.23. The molecule has 5 heteroatoms. The van der Waals surface area contributed by atoms with Crippen molar-refractivity contribution >= 4 is 5.91 Å². The van der Waals surface area contributed by atoms with Crippen LogP contribution in [0.1, 0.15) is 68.2 Å². The van der Waals surface area contributed by atoms with Gasteiger partial charge in [0.2, 0.25) is 0 Å². The molecule has 1 atom stereocenters. The average Bonchev–Trinajstić information content (AvgIpc) is 2.54. The fourth-order valence-electron chi connectivity index (χ4n) is 2.66. The van der Waals surface area contributed by atoms with Crippen LogP contribution in [0.15, 0.2) is 37.1 Å². The van der Waals surface area contributed by atoms with Crippen molar-refractivity contribution in [1.29, 1.82) is 0 Å². The number of nitrogens with zero attached hydrogens (tertiary/aromatic N) is 3. The van der Waals surface area contributed by atoms with E-state index in [0.717, 1.165) is 30.5 Å². The Morgan fingerprint density at radius 1 is 1.25 bits per heavy atom. The van der Waals surface area contributed by atoms with E-state index >= 15 is 0 Å². The van der Waals surface area contributed by atoms with Gasteiger partial charge in [-0.15, -0.1) is 0 Å². The zero-order valence-electron chi connectivity index (χ0n) is 14.9. The second-order valence-corrected chi connectivity index (χ2v) is 7.21. The number of pyridine rings is 1. The third-order valence-electron chi connectivity index (χ3n) is 3.73. The van der Waals surface area contributed by atoms with Crippen LogP contribution in [-0.2, 0) is 6.42 Å². The van der Waals surface area contributed by atoms with Gasteiger partial charge in [-0.05, 0) is 29.9 Å². The van der Waals surface area contributed by atoms with Crippen molar-refractivity contribution in [2.24, 2.45) is 5.41 Å². The quantitative estimate of drug-likeness (QED) is 0.878. The molecule has 2 aromatic heterocycles. The number of hydrogen-bond acceptors (Lipinski definition) is 4. The third-order valence-corrected chi connectivity index (χ3v) is 3.73. The lowest BCUT2D eigenvalue weighted by Gasteiger charge is -2.27. The van der Waals surface area contributed by atoms with Crippen molar-refractivity contribution in [3.05, 3.63) is 53.9 Å². The van der Waals surface area contributed by atoms with E-state index < -0.39 is 0 Å². The molecule has 0 spiro atoms. The highest BCUT2D eigenvalue weighted by Crippen LogP contribution is 2.29. The molecule has 0 bridgehead atoms. The molecule has 1 unspecified atom stereocenters. The van der Waals surface area contributed by atoms with Crippen molar-refractivity contribution < 1.29 is 4.79 Å². The van der Waals surface area contributed by atoms with E-state index in [1.165, 1.54) is 6.33 Å². The second kappa shape index (κ2) is 7.99. The Kier molecular flexibility index (Phi) is 6.01. The molecule has 0 aliphatic heterocycles. The molecule has 24 heavy (non-hydrogen) atoms. The van der Waals surface area contributed by atoms with Crippen LogP contribution < -0.4 is 5.32 Å². The van der Waals surface area contributed by atoms with Gasteiger partial charge in [0.1, 0.15) is 6.33 Å². The zero-order valence-corrected chi connectivity index (χ0v) is 14.9. The Hall–Kier alpha value is -2.30. The van der Waals surface area contributed by atoms with Crippen LogP contribution in [0.2, 0.25) is 0 Å². The van der Waals surface area contributed by atoms with Crippen molar-refractivity contribution in [2.45, 2.75) is 53.0 Å². The number of aromatic nitrogens is 3. The van der Waals surface area contributed by atoms with Crippen LogP contribution in [0.25, 0.3) is 0 Å². The molecule has 128 valence electrons. The van der Waals surface area contributed by atoms with Crippen molar-refractivity contribution in [2.75, 3.05) is 0 Å². The summed E-state index contributed by atoms with van der Waals surface area (Å²) < 4.78 is 0. The summed E-state index contributed by atoms with van der Waals surface area (Å²) in [5, 5.41) is 3.15. The van der Waals surface area contributed by atoms with Gasteiger partial charge in [0.05, 0.1) is 17.3 Å². The number of aryl methyl sites for hydroxylation is 1. The van der Waals surface area contributed by atoms with E-state index in [9.17, 15) is 4.79 Å². The van der Waals surface area contributed by atoms with Gasteiger partial charge >= 0.3 is 0 Å². The van der Waals surface area contributed by atoms with Crippen molar-refractivity contribution in [3.63, 3.8) is 0 Å². The summed E-state index contributed by atoms with van der Waals surface area (Å²) in [4.78, 5) is 25.3. The summed E-state index contributed by atoms with van der Waals surface area (Å²) in [6, 6.07) is 3.80. The van der Waals surface area contributed by atoms with Gasteiger partial charge < -0.3 is 5.32 Å². The monoisotopic (exact) mass is 326 g/mol. The summed E-state index contributed by atoms with van der Waals surface area (Å²) in [6.45, 7) is 8.56. The molecule has 0 saturated heterocycles. The van der Waals surface area contributed by atoms with E-state index in [1.807, 2.05) is 18.3 Å². The predicted molar refractivity (Wildman–Crippen MR) is 94.5 cm³/mol. The smallest absolute Gasteiger partial charge is 0.255 e. The maximum atomic E-state index is 12.8. The molecule has 2 rings (SSSR count). The van der Waals surface area contributed by atoms with Gasteiger partial charge in [0.15, 0.2) is 0 Å². The van der Waals surface area contributed by atoms with Crippen LogP contribution in [0, 0.1) is 5.41 Å². The summed E-state index contributed by atoms with van der Waals surface area (Å²) in [7, 11) is 0. The Morgan fingerprint density at radius 2 is 2.04 bits per heavy atom. The highest BCUT2D eigenvalue weighted by molar-refractivity contribution is 5.95. The third kappa shape index (κ3) is 5.11. The normalized spacial score (nSPS) is 12.7. The Morgan fingerprint density at radius 3 is 2.67 bits per heavy atom. The minimum atomic E-state index is -0.128. The van der Waals surface area contributed by atoms with Crippen molar-refractivity contribution in [1.82, 2.24) is 20.3 Å². The number of hydrogen-bond donors (Lipinski definition) is 1. The largest absolute Gasteiger partial charge is 0.345 e. The second-order valence-electron chi connectivity index (χ2n) is 7.21. The maximum absolute atomic E-state index is 12.8. The highest BCUT2D eigenvalue weighted by atomic mass is 16.1. The van der Waals surface area contributed by atoms with Crippen LogP contribution in [0.4, 0.5) is 0 Å². The molecule has 0 aromatic carbocycles. The first-order valence-corrected chi connectivity index (χ1v) is 8.40. The number of carbonyl (C=O) groups excluding carboxylic acids is 1. The van der Waals surface area contributed by atoms with Crippen LogP contribution in [0.5, 0.6) is 0 Å². The Bertz CT molecular complexity index is 665. The standard InChI is InChI=1S/C19H26N4O/c1-5-7-16-15(12-21-13-22-16)18(24)23-17(10-19(2,3)4)14-8-6-9-20-11-14/h6,8-9,11-13,17H,5,7,10H2,1-4H3,(H,23,24). The predicted octanol–water partition coefficient (Wildman–Crippen LogP) is 3.73. The molecule has 0 saturated carbocycles. The first-order chi connectivity index (χ1) is 11.4. The summed E-state index contributed by atoms with van der Waals surface area (Å²) in [6.07, 6.45) is 9.17. The lowest BCUT2D eigenvalue weighted by atomic mass is 9.85. The van der Waals surface area contributed by atoms with E-state index in [4.69, 9.17) is 0 Å². The molecule has 0 fully saturated rings. The van der Waals surface area contributed by atoms with Crippen LogP contribution in [0.3, 0.4) is 0 Å². The summed E-state index contributed by atoms with van der Waals surface area (Å²) >= 11 is 0. The Balaban J connectivity index is 2.25. The van der Waals surface area contributed by atoms with Gasteiger partial charge in [0, 0.05) is 18.6 Å². The first kappa shape index (κ1) is 18.0. The lowest BCUT2D eigenvalue weighted by Crippen LogP contribution is -2.32. The van der Waals surface area contributed by atoms with E-state index in [0.29, 0.717) is 5.56 Å². The van der Waals surface area contributed by atoms with Gasteiger partial charge in [-0.1, -0.05) is 40.2 Å². The van der Waals surface area contributed by atoms with Gasteiger partial charge in [-0.25, -0.2) is 9.97 Å². The van der Waals surface area contributed by atoms with Gasteiger partial charge in [-0.3, -0.25) is 9.78 Å². The fraction of sp³-hybridized carbons (Fsp3) is 0.474. The summed E-state index contributed by atoms with van der Waals surface area (Å²) in [5.74, 6) is -0.128. The average molecular weight is 326 g/mol. The zero-order chi connectivity index (χ0) is 17.6. The van der Waals surface area contributed by atoms with E-state index in [1.54, 1.807) is 12.4 Å². The molecule has 1 amide bonds. The fourth-order valence-corrected chi connectivity index (χ4v) is 2.66. The molecule has 2 heterocycles. The molecule has 0 aliphatic carbocycles. The molecule has 0 radical (unpaired) electrons. The molecular formula is C19H26N4O. The Labute approximate surface area is 144 Å². The number of rotatable bonds is 6. The minimum absolute atomic E-state index is 0.0766. The molecule has 2 aromatic rings. The van der Waals surface area contributed by atoms with Gasteiger partial charge in [0.25, 0.3) is 5.91 Å². The first-order valence-electron chi connectivity index (χ1n) is 8.40. The topological polar surface area (TPSA) is 67.8 Å². The maximum Gasteiger partial charge on any atom is 0.255 e. The van der Waals surface area contributed by atoms with Gasteiger partial charge in [-0.2, -0.15) is 0 Å². The summed E-state index contributed by atoms with van der Waals surface area (Å²) in [5.41, 5.74) is 2.44. The SMILES string of the molecule is CCCc1ncncc1C(=O)NC(CC(C)(C)C)c1cccnc1. The molecular weight excluding hydrogens is 300 g/mol. The minimum Gasteiger partial charge on any atom is -0.345 e. The number of amides is 1. The molecule has 5 nitrogen and oxygen atoms in total. The van der Waals surface area contributed by atoms with Crippen LogP contribution >= 0.6 is 0 Å². The number of nitrogens with one attached hydrogen (secondary N) is 1. The van der Waals surface area contributed by atoms with E-state index in [-0.39, 0.29) is 17.4 Å². The molecule has 0 aliphatic rings. The molecule has 1 N–H and O–H groups in total.